The molecule has 1 aromatic carbocycles. The van der Waals surface area contributed by atoms with Crippen LogP contribution < -0.4 is 5.32 Å². The standard InChI is InChI=1S/C19H26N2O3/c1-2-3-4-5-10-18(22)20-11-12-24-19(23)13-15-14-21-17-9-7-6-8-16(15)17/h6-9,14,21H,2-5,10-13H2,1H3,(H,20,22). The van der Waals surface area contributed by atoms with E-state index in [1.54, 1.807) is 0 Å². The molecule has 5 nitrogen and oxygen atoms in total. The predicted octanol–water partition coefficient (Wildman–Crippen LogP) is 3.34. The van der Waals surface area contributed by atoms with Gasteiger partial charge in [-0.1, -0.05) is 44.4 Å². The second-order valence-electron chi connectivity index (χ2n) is 5.92. The summed E-state index contributed by atoms with van der Waals surface area (Å²) in [5.74, 6) is -0.254. The summed E-state index contributed by atoms with van der Waals surface area (Å²) in [7, 11) is 0. The zero-order valence-electron chi connectivity index (χ0n) is 14.3. The maximum Gasteiger partial charge on any atom is 0.310 e. The molecule has 0 radical (unpaired) electrons. The zero-order valence-corrected chi connectivity index (χ0v) is 14.3. The Morgan fingerprint density at radius 3 is 2.83 bits per heavy atom. The smallest absolute Gasteiger partial charge is 0.310 e. The maximum atomic E-state index is 11.9. The lowest BCUT2D eigenvalue weighted by molar-refractivity contribution is -0.143. The third kappa shape index (κ3) is 5.72. The molecule has 130 valence electrons. The van der Waals surface area contributed by atoms with Gasteiger partial charge in [-0.05, 0) is 18.1 Å². The van der Waals surface area contributed by atoms with Crippen molar-refractivity contribution in [1.29, 1.82) is 0 Å². The van der Waals surface area contributed by atoms with Gasteiger partial charge in [-0.15, -0.1) is 0 Å². The van der Waals surface area contributed by atoms with Gasteiger partial charge in [0.25, 0.3) is 0 Å². The predicted molar refractivity (Wildman–Crippen MR) is 94.7 cm³/mol. The number of para-hydroxylation sites is 1. The fraction of sp³-hybridized carbons (Fsp3) is 0.474. The Hall–Kier alpha value is -2.30. The molecule has 2 rings (SSSR count). The number of aromatic amines is 1. The van der Waals surface area contributed by atoms with Crippen LogP contribution >= 0.6 is 0 Å². The molecule has 1 aromatic heterocycles. The Bertz CT molecular complexity index is 663. The molecular weight excluding hydrogens is 304 g/mol. The van der Waals surface area contributed by atoms with Gasteiger partial charge in [0, 0.05) is 23.5 Å². The number of esters is 1. The summed E-state index contributed by atoms with van der Waals surface area (Å²) in [4.78, 5) is 26.6. The van der Waals surface area contributed by atoms with Gasteiger partial charge in [-0.3, -0.25) is 9.59 Å². The quantitative estimate of drug-likeness (QED) is 0.518. The van der Waals surface area contributed by atoms with Crippen molar-refractivity contribution < 1.29 is 14.3 Å². The van der Waals surface area contributed by atoms with Crippen LogP contribution in [0.3, 0.4) is 0 Å². The van der Waals surface area contributed by atoms with E-state index in [1.807, 2.05) is 30.5 Å². The number of hydrogen-bond acceptors (Lipinski definition) is 3. The molecule has 0 saturated carbocycles. The maximum absolute atomic E-state index is 11.9. The first kappa shape index (κ1) is 18.0. The van der Waals surface area contributed by atoms with Gasteiger partial charge >= 0.3 is 5.97 Å². The average molecular weight is 330 g/mol. The van der Waals surface area contributed by atoms with Crippen molar-refractivity contribution in [2.45, 2.75) is 45.4 Å². The fourth-order valence-corrected chi connectivity index (χ4v) is 2.64. The van der Waals surface area contributed by atoms with E-state index in [-0.39, 0.29) is 24.9 Å². The van der Waals surface area contributed by atoms with Crippen molar-refractivity contribution in [3.8, 4) is 0 Å². The number of carbonyl (C=O) groups is 2. The molecule has 2 aromatic rings. The van der Waals surface area contributed by atoms with Gasteiger partial charge in [0.1, 0.15) is 6.61 Å². The monoisotopic (exact) mass is 330 g/mol. The minimum Gasteiger partial charge on any atom is -0.464 e. The number of fused-ring (bicyclic) bond motifs is 1. The number of aromatic nitrogens is 1. The van der Waals surface area contributed by atoms with Crippen LogP contribution in [0.1, 0.15) is 44.6 Å². The molecule has 2 N–H and O–H groups in total. The number of rotatable bonds is 10. The lowest BCUT2D eigenvalue weighted by Crippen LogP contribution is -2.28. The van der Waals surface area contributed by atoms with Gasteiger partial charge in [0.15, 0.2) is 0 Å². The number of amides is 1. The number of unbranched alkanes of at least 4 members (excludes halogenated alkanes) is 3. The number of nitrogens with one attached hydrogen (secondary N) is 2. The van der Waals surface area contributed by atoms with Gasteiger partial charge in [0.2, 0.25) is 5.91 Å². The SMILES string of the molecule is CCCCCCC(=O)NCCOC(=O)Cc1c[nH]c2ccccc12. The van der Waals surface area contributed by atoms with Crippen LogP contribution in [0.25, 0.3) is 10.9 Å². The van der Waals surface area contributed by atoms with E-state index in [0.717, 1.165) is 35.7 Å². The molecule has 0 spiro atoms. The highest BCUT2D eigenvalue weighted by molar-refractivity contribution is 5.87. The topological polar surface area (TPSA) is 71.2 Å². The minimum atomic E-state index is -0.281. The number of carbonyl (C=O) groups excluding carboxylic acids is 2. The third-order valence-corrected chi connectivity index (χ3v) is 3.95. The van der Waals surface area contributed by atoms with E-state index < -0.39 is 0 Å². The summed E-state index contributed by atoms with van der Waals surface area (Å²) in [6, 6.07) is 7.85. The van der Waals surface area contributed by atoms with Crippen molar-refractivity contribution in [2.24, 2.45) is 0 Å². The third-order valence-electron chi connectivity index (χ3n) is 3.95. The highest BCUT2D eigenvalue weighted by Gasteiger charge is 2.09. The summed E-state index contributed by atoms with van der Waals surface area (Å²) in [6.07, 6.45) is 6.94. The average Bonchev–Trinajstić information content (AvgIpc) is 2.99. The van der Waals surface area contributed by atoms with Crippen LogP contribution in [-0.4, -0.2) is 30.0 Å². The van der Waals surface area contributed by atoms with E-state index in [9.17, 15) is 9.59 Å². The largest absolute Gasteiger partial charge is 0.464 e. The molecule has 1 amide bonds. The van der Waals surface area contributed by atoms with E-state index in [0.29, 0.717) is 13.0 Å². The van der Waals surface area contributed by atoms with Crippen molar-refractivity contribution >= 4 is 22.8 Å². The Kier molecular flexibility index (Phi) is 7.33. The molecule has 0 aliphatic heterocycles. The van der Waals surface area contributed by atoms with Crippen molar-refractivity contribution in [3.05, 3.63) is 36.0 Å². The van der Waals surface area contributed by atoms with E-state index in [1.165, 1.54) is 6.42 Å². The van der Waals surface area contributed by atoms with Crippen LogP contribution in [0.5, 0.6) is 0 Å². The lowest BCUT2D eigenvalue weighted by atomic mass is 10.1. The molecule has 0 aliphatic carbocycles. The lowest BCUT2D eigenvalue weighted by Gasteiger charge is -2.06. The second-order valence-corrected chi connectivity index (χ2v) is 5.92. The van der Waals surface area contributed by atoms with Crippen LogP contribution in [0.15, 0.2) is 30.5 Å². The van der Waals surface area contributed by atoms with Gasteiger partial charge < -0.3 is 15.0 Å². The molecule has 24 heavy (non-hydrogen) atoms. The first-order chi connectivity index (χ1) is 11.7. The van der Waals surface area contributed by atoms with Crippen molar-refractivity contribution in [1.82, 2.24) is 10.3 Å². The highest BCUT2D eigenvalue weighted by Crippen LogP contribution is 2.18. The van der Waals surface area contributed by atoms with Crippen LogP contribution in [-0.2, 0) is 20.7 Å². The van der Waals surface area contributed by atoms with Gasteiger partial charge in [-0.2, -0.15) is 0 Å². The normalized spacial score (nSPS) is 10.7. The number of hydrogen-bond donors (Lipinski definition) is 2. The molecule has 0 saturated heterocycles. The number of benzene rings is 1. The number of H-pyrrole nitrogens is 1. The summed E-state index contributed by atoms with van der Waals surface area (Å²) in [5, 5.41) is 3.82. The summed E-state index contributed by atoms with van der Waals surface area (Å²) < 4.78 is 5.19. The Morgan fingerprint density at radius 2 is 2.00 bits per heavy atom. The van der Waals surface area contributed by atoms with Crippen molar-refractivity contribution in [2.75, 3.05) is 13.2 Å². The molecule has 5 heteroatoms. The number of ether oxygens (including phenoxy) is 1. The first-order valence-corrected chi connectivity index (χ1v) is 8.68. The zero-order chi connectivity index (χ0) is 17.2. The molecule has 0 aliphatic rings. The van der Waals surface area contributed by atoms with Gasteiger partial charge in [0.05, 0.1) is 13.0 Å². The van der Waals surface area contributed by atoms with Gasteiger partial charge in [-0.25, -0.2) is 0 Å². The Balaban J connectivity index is 1.62. The molecule has 0 atom stereocenters. The van der Waals surface area contributed by atoms with E-state index >= 15 is 0 Å². The van der Waals surface area contributed by atoms with Crippen LogP contribution in [0.4, 0.5) is 0 Å². The summed E-state index contributed by atoms with van der Waals surface area (Å²) >= 11 is 0. The molecular formula is C19H26N2O3. The molecule has 1 heterocycles. The molecule has 0 unspecified atom stereocenters. The summed E-state index contributed by atoms with van der Waals surface area (Å²) in [6.45, 7) is 2.72. The minimum absolute atomic E-state index is 0.0266. The first-order valence-electron chi connectivity index (χ1n) is 8.68. The fourth-order valence-electron chi connectivity index (χ4n) is 2.64. The molecule has 0 fully saturated rings. The van der Waals surface area contributed by atoms with Crippen molar-refractivity contribution in [3.63, 3.8) is 0 Å². The summed E-state index contributed by atoms with van der Waals surface area (Å²) in [5.41, 5.74) is 1.94. The second kappa shape index (κ2) is 9.75. The van der Waals surface area contributed by atoms with E-state index in [4.69, 9.17) is 4.74 Å². The molecule has 0 bridgehead atoms. The Morgan fingerprint density at radius 1 is 1.17 bits per heavy atom. The highest BCUT2D eigenvalue weighted by atomic mass is 16.5. The van der Waals surface area contributed by atoms with Crippen LogP contribution in [0.2, 0.25) is 0 Å². The van der Waals surface area contributed by atoms with E-state index in [2.05, 4.69) is 17.2 Å². The van der Waals surface area contributed by atoms with Crippen LogP contribution in [0, 0.1) is 0 Å². The Labute approximate surface area is 142 Å².